The Kier molecular flexibility index (Phi) is 5.22. The smallest absolute Gasteiger partial charge is 0.347 e. The van der Waals surface area contributed by atoms with E-state index >= 15 is 0 Å². The van der Waals surface area contributed by atoms with Crippen LogP contribution in [0.25, 0.3) is 6.08 Å². The summed E-state index contributed by atoms with van der Waals surface area (Å²) in [6.45, 7) is 0. The minimum atomic E-state index is -0.564. The van der Waals surface area contributed by atoms with E-state index in [0.717, 1.165) is 11.3 Å². The molecular formula is C24H18O6. The van der Waals surface area contributed by atoms with Crippen molar-refractivity contribution in [3.63, 3.8) is 0 Å². The molecule has 6 heteroatoms. The van der Waals surface area contributed by atoms with Gasteiger partial charge in [0, 0.05) is 6.07 Å². The normalized spacial score (nSPS) is 13.5. The van der Waals surface area contributed by atoms with Crippen LogP contribution in [-0.2, 0) is 0 Å². The van der Waals surface area contributed by atoms with Crippen molar-refractivity contribution >= 4 is 17.8 Å². The quantitative estimate of drug-likeness (QED) is 0.355. The Morgan fingerprint density at radius 1 is 0.900 bits per heavy atom. The number of ether oxygens (including phenoxy) is 4. The van der Waals surface area contributed by atoms with Gasteiger partial charge in [-0.15, -0.1) is 0 Å². The molecule has 1 heterocycles. The van der Waals surface area contributed by atoms with Gasteiger partial charge < -0.3 is 18.9 Å². The minimum absolute atomic E-state index is 0.198. The van der Waals surface area contributed by atoms with E-state index in [-0.39, 0.29) is 17.3 Å². The first-order chi connectivity index (χ1) is 14.6. The largest absolute Gasteiger partial charge is 0.497 e. The van der Waals surface area contributed by atoms with Crippen molar-refractivity contribution in [2.75, 3.05) is 14.2 Å². The Morgan fingerprint density at radius 2 is 1.63 bits per heavy atom. The van der Waals surface area contributed by atoms with Crippen molar-refractivity contribution < 1.29 is 28.5 Å². The molecule has 0 radical (unpaired) electrons. The third kappa shape index (κ3) is 3.75. The van der Waals surface area contributed by atoms with E-state index in [1.165, 1.54) is 13.2 Å². The fourth-order valence-corrected chi connectivity index (χ4v) is 3.06. The third-order valence-corrected chi connectivity index (χ3v) is 4.59. The summed E-state index contributed by atoms with van der Waals surface area (Å²) in [5.74, 6) is 1.14. The molecule has 150 valence electrons. The molecule has 0 unspecified atom stereocenters. The molecule has 0 aliphatic carbocycles. The monoisotopic (exact) mass is 402 g/mol. The number of allylic oxidation sites excluding steroid dienone is 1. The van der Waals surface area contributed by atoms with Crippen LogP contribution in [0.1, 0.15) is 26.3 Å². The van der Waals surface area contributed by atoms with E-state index in [1.807, 2.05) is 12.1 Å². The third-order valence-electron chi connectivity index (χ3n) is 4.59. The summed E-state index contributed by atoms with van der Waals surface area (Å²) in [5, 5.41) is 0. The predicted octanol–water partition coefficient (Wildman–Crippen LogP) is 4.54. The molecule has 6 nitrogen and oxygen atoms in total. The van der Waals surface area contributed by atoms with Crippen molar-refractivity contribution in [3.05, 3.63) is 89.2 Å². The molecule has 0 bridgehead atoms. The van der Waals surface area contributed by atoms with Crippen LogP contribution in [0.4, 0.5) is 0 Å². The minimum Gasteiger partial charge on any atom is -0.497 e. The average molecular weight is 402 g/mol. The number of hydrogen-bond acceptors (Lipinski definition) is 6. The fraction of sp³-hybridized carbons (Fsp3) is 0.0833. The second-order valence-corrected chi connectivity index (χ2v) is 6.46. The lowest BCUT2D eigenvalue weighted by atomic mass is 10.1. The van der Waals surface area contributed by atoms with Crippen LogP contribution in [0.5, 0.6) is 23.0 Å². The van der Waals surface area contributed by atoms with Gasteiger partial charge in [0.25, 0.3) is 0 Å². The number of Topliss-reactive ketones (excluding diaryl/α,β-unsaturated/α-hetero) is 1. The van der Waals surface area contributed by atoms with E-state index in [2.05, 4.69) is 0 Å². The Labute approximate surface area is 173 Å². The van der Waals surface area contributed by atoms with Crippen molar-refractivity contribution in [2.24, 2.45) is 0 Å². The van der Waals surface area contributed by atoms with Gasteiger partial charge in [-0.3, -0.25) is 4.79 Å². The zero-order chi connectivity index (χ0) is 21.1. The lowest BCUT2D eigenvalue weighted by Gasteiger charge is -2.08. The van der Waals surface area contributed by atoms with Crippen molar-refractivity contribution in [1.82, 2.24) is 0 Å². The molecule has 3 aromatic carbocycles. The van der Waals surface area contributed by atoms with E-state index in [4.69, 9.17) is 18.9 Å². The Morgan fingerprint density at radius 3 is 2.37 bits per heavy atom. The molecule has 0 amide bonds. The number of carbonyl (C=O) groups is 2. The van der Waals surface area contributed by atoms with Crippen LogP contribution >= 0.6 is 0 Å². The number of methoxy groups -OCH3 is 2. The molecular weight excluding hydrogens is 384 g/mol. The van der Waals surface area contributed by atoms with E-state index in [1.54, 1.807) is 61.7 Å². The highest BCUT2D eigenvalue weighted by Gasteiger charge is 2.28. The highest BCUT2D eigenvalue weighted by Crippen LogP contribution is 2.35. The highest BCUT2D eigenvalue weighted by molar-refractivity contribution is 6.14. The number of para-hydroxylation sites is 1. The maximum atomic E-state index is 12.6. The summed E-state index contributed by atoms with van der Waals surface area (Å²) >= 11 is 0. The fourth-order valence-electron chi connectivity index (χ4n) is 3.06. The number of fused-ring (bicyclic) bond motifs is 1. The summed E-state index contributed by atoms with van der Waals surface area (Å²) in [7, 11) is 3.07. The van der Waals surface area contributed by atoms with Crippen molar-refractivity contribution in [2.45, 2.75) is 0 Å². The summed E-state index contributed by atoms with van der Waals surface area (Å²) in [6.07, 6.45) is 1.66. The molecule has 0 saturated carbocycles. The van der Waals surface area contributed by atoms with Gasteiger partial charge in [-0.2, -0.15) is 0 Å². The molecule has 0 aromatic heterocycles. The molecule has 3 aromatic rings. The topological polar surface area (TPSA) is 71.1 Å². The second-order valence-electron chi connectivity index (χ2n) is 6.46. The summed E-state index contributed by atoms with van der Waals surface area (Å²) in [6, 6.07) is 18.7. The van der Waals surface area contributed by atoms with Crippen LogP contribution in [0.15, 0.2) is 72.5 Å². The van der Waals surface area contributed by atoms with Gasteiger partial charge in [-0.25, -0.2) is 4.79 Å². The van der Waals surface area contributed by atoms with Gasteiger partial charge in [0.05, 0.1) is 19.8 Å². The first-order valence-corrected chi connectivity index (χ1v) is 9.16. The number of hydrogen-bond donors (Lipinski definition) is 0. The zero-order valence-corrected chi connectivity index (χ0v) is 16.4. The molecule has 0 N–H and O–H groups in total. The lowest BCUT2D eigenvalue weighted by molar-refractivity contribution is 0.0731. The summed E-state index contributed by atoms with van der Waals surface area (Å²) in [5.41, 5.74) is 1.51. The molecule has 30 heavy (non-hydrogen) atoms. The SMILES string of the molecule is COc1ccc(/C=C2\Oc3cc(OC(=O)c4ccccc4OC)ccc3C2=O)cc1. The maximum absolute atomic E-state index is 12.6. The van der Waals surface area contributed by atoms with Gasteiger partial charge in [0.2, 0.25) is 5.78 Å². The van der Waals surface area contributed by atoms with E-state index in [9.17, 15) is 9.59 Å². The second kappa shape index (κ2) is 8.13. The first-order valence-electron chi connectivity index (χ1n) is 9.16. The van der Waals surface area contributed by atoms with Gasteiger partial charge in [0.1, 0.15) is 28.6 Å². The van der Waals surface area contributed by atoms with Gasteiger partial charge in [0.15, 0.2) is 5.76 Å². The van der Waals surface area contributed by atoms with E-state index < -0.39 is 5.97 Å². The molecule has 1 aliphatic heterocycles. The number of benzene rings is 3. The first kappa shape index (κ1) is 19.3. The molecule has 0 spiro atoms. The molecule has 0 fully saturated rings. The van der Waals surface area contributed by atoms with Crippen molar-refractivity contribution in [1.29, 1.82) is 0 Å². The predicted molar refractivity (Wildman–Crippen MR) is 110 cm³/mol. The zero-order valence-electron chi connectivity index (χ0n) is 16.4. The standard InChI is InChI=1S/C24H18O6/c1-27-16-9-7-15(8-10-16)13-22-23(25)18-12-11-17(14-21(18)30-22)29-24(26)19-5-3-4-6-20(19)28-2/h3-14H,1-2H3/b22-13-. The van der Waals surface area contributed by atoms with Crippen molar-refractivity contribution in [3.8, 4) is 23.0 Å². The lowest BCUT2D eigenvalue weighted by Crippen LogP contribution is -2.10. The van der Waals surface area contributed by atoms with Gasteiger partial charge in [-0.05, 0) is 48.0 Å². The van der Waals surface area contributed by atoms with Gasteiger partial charge >= 0.3 is 5.97 Å². The Balaban J connectivity index is 1.54. The summed E-state index contributed by atoms with van der Waals surface area (Å²) in [4.78, 5) is 25.1. The van der Waals surface area contributed by atoms with Gasteiger partial charge in [-0.1, -0.05) is 24.3 Å². The Bertz CT molecular complexity index is 1140. The van der Waals surface area contributed by atoms with E-state index in [0.29, 0.717) is 22.6 Å². The molecule has 4 rings (SSSR count). The van der Waals surface area contributed by atoms with Crippen LogP contribution in [0.3, 0.4) is 0 Å². The Hall–Kier alpha value is -4.06. The summed E-state index contributed by atoms with van der Waals surface area (Å²) < 4.78 is 21.5. The number of ketones is 1. The molecule has 1 aliphatic rings. The van der Waals surface area contributed by atoms with Crippen LogP contribution in [0.2, 0.25) is 0 Å². The number of rotatable bonds is 5. The maximum Gasteiger partial charge on any atom is 0.347 e. The molecule has 0 saturated heterocycles. The van der Waals surface area contributed by atoms with Crippen LogP contribution in [0, 0.1) is 0 Å². The number of carbonyl (C=O) groups excluding carboxylic acids is 2. The van der Waals surface area contributed by atoms with Crippen LogP contribution in [-0.4, -0.2) is 26.0 Å². The highest BCUT2D eigenvalue weighted by atomic mass is 16.5. The average Bonchev–Trinajstić information content (AvgIpc) is 3.08. The number of esters is 1. The molecule has 0 atom stereocenters. The van der Waals surface area contributed by atoms with Crippen LogP contribution < -0.4 is 18.9 Å².